The molecule has 0 amide bonds. The van der Waals surface area contributed by atoms with Gasteiger partial charge in [0, 0.05) is 23.1 Å². The predicted molar refractivity (Wildman–Crippen MR) is 130 cm³/mol. The van der Waals surface area contributed by atoms with E-state index < -0.39 is 70.0 Å². The smallest absolute Gasteiger partial charge is 0.443 e. The lowest BCUT2D eigenvalue weighted by atomic mass is 10.1. The van der Waals surface area contributed by atoms with Crippen LogP contribution in [-0.4, -0.2) is 51.1 Å². The Morgan fingerprint density at radius 1 is 1.26 bits per heavy atom. The predicted octanol–water partition coefficient (Wildman–Crippen LogP) is 3.12. The molecule has 0 aliphatic carbocycles. The molecule has 22 heteroatoms. The Labute approximate surface area is 218 Å². The second kappa shape index (κ2) is 11.5. The Morgan fingerprint density at radius 3 is 2.51 bits per heavy atom. The van der Waals surface area contributed by atoms with Crippen LogP contribution in [0.1, 0.15) is 18.2 Å². The molecule has 1 aromatic heterocycles. The summed E-state index contributed by atoms with van der Waals surface area (Å²) in [6.07, 6.45) is -1.48. The van der Waals surface area contributed by atoms with Crippen LogP contribution in [0.3, 0.4) is 0 Å². The summed E-state index contributed by atoms with van der Waals surface area (Å²) in [6, 6.07) is 4.86. The largest absolute Gasteiger partial charge is 0.459 e. The molecule has 2 aromatic rings. The maximum atomic E-state index is 14.6. The first-order valence-corrected chi connectivity index (χ1v) is 15.3. The molecule has 3 radical (unpaired) electrons. The molecule has 3 rings (SSSR count). The number of nitrogens with zero attached hydrogens (tertiary/aromatic N) is 4. The molecule has 0 bridgehead atoms. The van der Waals surface area contributed by atoms with Crippen LogP contribution in [0.2, 0.25) is 0 Å². The number of azide groups is 1. The maximum Gasteiger partial charge on any atom is 0.459 e. The average Bonchev–Trinajstić information content (AvgIpc) is 3.22. The van der Waals surface area contributed by atoms with Crippen LogP contribution in [0.4, 0.5) is 8.78 Å². The third-order valence-electron chi connectivity index (χ3n) is 5.16. The molecule has 39 heavy (non-hydrogen) atoms. The highest BCUT2D eigenvalue weighted by atomic mass is 31.3. The molecule has 0 spiro atoms. The van der Waals surface area contributed by atoms with E-state index in [0.29, 0.717) is 0 Å². The molecule has 6 atom stereocenters. The fraction of sp³-hybridized carbons (Fsp3) is 0.412. The number of rotatable bonds is 11. The standard InChI is InChI=1S/C17H19BF2N5O11P3/c1-10-8-25(16(27)22-15(10)26)14-7-12(23-24-21)13(34-14)9-33-39(18,32)36-38(30,31)17(19,20)37(28,29)35-11-5-3-2-4-6-11/h2-6,8,12-14H,7,9H2,1H3,(H,28,29)(H,30,31)(H,22,26,27)/q-1/t12-,13+,14+,39-/m0/s1. The molecule has 1 aromatic carbocycles. The van der Waals surface area contributed by atoms with Crippen LogP contribution >= 0.6 is 22.7 Å². The van der Waals surface area contributed by atoms with Gasteiger partial charge in [0.1, 0.15) is 12.0 Å². The lowest BCUT2D eigenvalue weighted by Gasteiger charge is -2.33. The van der Waals surface area contributed by atoms with Crippen molar-refractivity contribution in [2.24, 2.45) is 5.11 Å². The van der Waals surface area contributed by atoms with Crippen molar-refractivity contribution < 1.29 is 50.4 Å². The summed E-state index contributed by atoms with van der Waals surface area (Å²) in [6.45, 7) is 0.463. The Morgan fingerprint density at radius 2 is 1.90 bits per heavy atom. The van der Waals surface area contributed by atoms with Gasteiger partial charge < -0.3 is 35.7 Å². The van der Waals surface area contributed by atoms with Crippen molar-refractivity contribution >= 4 is 30.2 Å². The zero-order valence-corrected chi connectivity index (χ0v) is 22.3. The first kappa shape index (κ1) is 31.0. The molecular formula is C17H19BF2N5O11P3-. The molecule has 3 N–H and O–H groups in total. The second-order valence-corrected chi connectivity index (χ2v) is 13.7. The molecular weight excluding hydrogens is 592 g/mol. The first-order valence-electron chi connectivity index (χ1n) is 10.5. The maximum absolute atomic E-state index is 14.6. The number of aromatic amines is 1. The summed E-state index contributed by atoms with van der Waals surface area (Å²) >= 11 is 0. The van der Waals surface area contributed by atoms with Gasteiger partial charge in [-0.15, -0.1) is 0 Å². The van der Waals surface area contributed by atoms with Gasteiger partial charge in [-0.25, -0.2) is 9.36 Å². The molecule has 0 saturated carbocycles. The van der Waals surface area contributed by atoms with Gasteiger partial charge in [0.05, 0.1) is 26.2 Å². The number of H-pyrrole nitrogens is 1. The Balaban J connectivity index is 1.74. The van der Waals surface area contributed by atoms with Gasteiger partial charge in [0.25, 0.3) is 5.56 Å². The van der Waals surface area contributed by atoms with Gasteiger partial charge >= 0.3 is 26.3 Å². The van der Waals surface area contributed by atoms with Crippen LogP contribution in [0, 0.1) is 6.92 Å². The SMILES string of the molecule is [B-][P@](=O)(OC[C@H]1O[C@@H](n2cc(C)c(=O)[nH]c2=O)C[C@@H]1N=[N+]=[N-])OP(=O)(O)C(F)(F)P(=O)(O)Oc1ccccc1. The zero-order valence-electron chi connectivity index (χ0n) is 19.6. The van der Waals surface area contributed by atoms with E-state index in [1.807, 2.05) is 4.98 Å². The van der Waals surface area contributed by atoms with Crippen LogP contribution in [0.15, 0.2) is 51.2 Å². The van der Waals surface area contributed by atoms with Gasteiger partial charge in [-0.1, -0.05) is 23.3 Å². The number of hydrogen-bond donors (Lipinski definition) is 3. The van der Waals surface area contributed by atoms with Crippen molar-refractivity contribution in [3.05, 3.63) is 73.4 Å². The lowest BCUT2D eigenvalue weighted by molar-refractivity contribution is -0.0232. The van der Waals surface area contributed by atoms with Gasteiger partial charge in [-0.3, -0.25) is 23.2 Å². The summed E-state index contributed by atoms with van der Waals surface area (Å²) in [7, 11) is -13.1. The van der Waals surface area contributed by atoms with E-state index >= 15 is 0 Å². The number of ether oxygens (including phenoxy) is 1. The molecule has 1 fully saturated rings. The Bertz CT molecular complexity index is 1530. The van der Waals surface area contributed by atoms with E-state index in [-0.39, 0.29) is 12.0 Å². The summed E-state index contributed by atoms with van der Waals surface area (Å²) in [5, 5.41) is -2.07. The number of aryl methyl sites for hydroxylation is 1. The first-order chi connectivity index (χ1) is 18.0. The van der Waals surface area contributed by atoms with Crippen molar-refractivity contribution in [1.29, 1.82) is 0 Å². The molecule has 2 unspecified atom stereocenters. The van der Waals surface area contributed by atoms with Crippen LogP contribution in [-0.2, 0) is 27.3 Å². The summed E-state index contributed by atoms with van der Waals surface area (Å²) in [5.74, 6) is -0.552. The molecule has 16 nitrogen and oxygen atoms in total. The number of alkyl halides is 2. The molecule has 211 valence electrons. The highest BCUT2D eigenvalue weighted by Gasteiger charge is 2.68. The second-order valence-electron chi connectivity index (χ2n) is 7.99. The number of aromatic nitrogens is 2. The third-order valence-corrected chi connectivity index (χ3v) is 10.8. The van der Waals surface area contributed by atoms with Crippen LogP contribution < -0.4 is 15.8 Å². The van der Waals surface area contributed by atoms with Crippen molar-refractivity contribution in [2.45, 2.75) is 37.1 Å². The van der Waals surface area contributed by atoms with Gasteiger partial charge in [0.15, 0.2) is 0 Å². The fourth-order valence-electron chi connectivity index (χ4n) is 3.27. The fourth-order valence-corrected chi connectivity index (χ4v) is 7.68. The van der Waals surface area contributed by atoms with Crippen molar-refractivity contribution in [3.63, 3.8) is 0 Å². The monoisotopic (exact) mass is 611 g/mol. The van der Waals surface area contributed by atoms with Crippen molar-refractivity contribution in [2.75, 3.05) is 6.61 Å². The van der Waals surface area contributed by atoms with E-state index in [0.717, 1.165) is 22.9 Å². The minimum atomic E-state index is -6.63. The van der Waals surface area contributed by atoms with E-state index in [1.165, 1.54) is 25.1 Å². The highest BCUT2D eigenvalue weighted by molar-refractivity contribution is 7.86. The number of halogens is 2. The third kappa shape index (κ3) is 6.96. The Kier molecular flexibility index (Phi) is 9.13. The normalized spacial score (nSPS) is 24.1. The molecule has 1 saturated heterocycles. The molecule has 2 heterocycles. The topological polar surface area (TPSA) is 232 Å². The van der Waals surface area contributed by atoms with Gasteiger partial charge in [0.2, 0.25) is 0 Å². The number of nitrogens with one attached hydrogen (secondary N) is 1. The number of benzene rings is 1. The van der Waals surface area contributed by atoms with E-state index in [1.54, 1.807) is 0 Å². The quantitative estimate of drug-likeness (QED) is 0.110. The van der Waals surface area contributed by atoms with E-state index in [4.69, 9.17) is 17.8 Å². The van der Waals surface area contributed by atoms with Crippen molar-refractivity contribution in [1.82, 2.24) is 9.55 Å². The minimum Gasteiger partial charge on any atom is -0.443 e. The van der Waals surface area contributed by atoms with Crippen LogP contribution in [0.5, 0.6) is 5.75 Å². The van der Waals surface area contributed by atoms with Gasteiger partial charge in [-0.2, -0.15) is 8.78 Å². The van der Waals surface area contributed by atoms with Crippen molar-refractivity contribution in [3.8, 4) is 5.75 Å². The number of para-hydroxylation sites is 1. The Hall–Kier alpha value is -2.58. The highest BCUT2D eigenvalue weighted by Crippen LogP contribution is 2.78. The lowest BCUT2D eigenvalue weighted by Crippen LogP contribution is -2.33. The van der Waals surface area contributed by atoms with E-state index in [9.17, 15) is 41.9 Å². The minimum absolute atomic E-state index is 0.134. The summed E-state index contributed by atoms with van der Waals surface area (Å²) < 4.78 is 85.5. The summed E-state index contributed by atoms with van der Waals surface area (Å²) in [5.41, 5.74) is 7.42. The summed E-state index contributed by atoms with van der Waals surface area (Å²) in [4.78, 5) is 47.8. The average molecular weight is 611 g/mol. The zero-order chi connectivity index (χ0) is 29.2. The van der Waals surface area contributed by atoms with Crippen LogP contribution in [0.25, 0.3) is 10.4 Å². The van der Waals surface area contributed by atoms with Gasteiger partial charge in [-0.05, 0) is 24.6 Å². The molecule has 1 aliphatic heterocycles. The number of hydrogen-bond acceptors (Lipinski definition) is 10. The van der Waals surface area contributed by atoms with E-state index in [2.05, 4.69) is 23.4 Å². The molecule has 1 aliphatic rings.